The fraction of sp³-hybridized carbons (Fsp3) is 0.462. The van der Waals surface area contributed by atoms with Crippen molar-refractivity contribution >= 4 is 11.0 Å². The second-order valence-corrected chi connectivity index (χ2v) is 4.95. The lowest BCUT2D eigenvalue weighted by Crippen LogP contribution is -2.14. The highest BCUT2D eigenvalue weighted by Crippen LogP contribution is 2.33. The molecule has 0 radical (unpaired) electrons. The van der Waals surface area contributed by atoms with Crippen LogP contribution in [-0.4, -0.2) is 9.55 Å². The average Bonchev–Trinajstić information content (AvgIpc) is 3.00. The number of nitrogens with zero attached hydrogens (tertiary/aromatic N) is 2. The Morgan fingerprint density at radius 3 is 2.94 bits per heavy atom. The minimum Gasteiger partial charge on any atom is -0.326 e. The maximum absolute atomic E-state index is 13.2. The first-order chi connectivity index (χ1) is 8.15. The molecule has 1 heterocycles. The number of nitrogens with two attached hydrogens (primary N) is 1. The molecular weight excluding hydrogens is 217 g/mol. The van der Waals surface area contributed by atoms with E-state index in [-0.39, 0.29) is 11.9 Å². The van der Waals surface area contributed by atoms with Crippen molar-refractivity contribution in [1.82, 2.24) is 9.55 Å². The van der Waals surface area contributed by atoms with Gasteiger partial charge in [-0.25, -0.2) is 9.37 Å². The van der Waals surface area contributed by atoms with E-state index in [9.17, 15) is 4.39 Å². The molecule has 3 nitrogen and oxygen atoms in total. The van der Waals surface area contributed by atoms with Gasteiger partial charge in [0.05, 0.1) is 17.1 Å². The number of benzene rings is 1. The Bertz CT molecular complexity index is 555. The molecule has 0 bridgehead atoms. The largest absolute Gasteiger partial charge is 0.326 e. The van der Waals surface area contributed by atoms with Crippen molar-refractivity contribution in [3.63, 3.8) is 0 Å². The fourth-order valence-electron chi connectivity index (χ4n) is 2.22. The lowest BCUT2D eigenvalue weighted by molar-refractivity contribution is 0.581. The Balaban J connectivity index is 2.15. The Hall–Kier alpha value is -1.42. The van der Waals surface area contributed by atoms with Gasteiger partial charge in [0.1, 0.15) is 11.6 Å². The average molecular weight is 233 g/mol. The summed E-state index contributed by atoms with van der Waals surface area (Å²) in [5.74, 6) is 1.36. The van der Waals surface area contributed by atoms with Crippen LogP contribution in [-0.2, 0) is 6.54 Å². The maximum Gasteiger partial charge on any atom is 0.126 e. The minimum atomic E-state index is -0.246. The summed E-state index contributed by atoms with van der Waals surface area (Å²) in [6.45, 7) is 2.87. The second-order valence-electron chi connectivity index (χ2n) is 4.95. The molecule has 17 heavy (non-hydrogen) atoms. The number of imidazole rings is 1. The van der Waals surface area contributed by atoms with Crippen LogP contribution in [0.5, 0.6) is 0 Å². The van der Waals surface area contributed by atoms with E-state index in [0.29, 0.717) is 5.52 Å². The third-order valence-corrected chi connectivity index (χ3v) is 3.28. The van der Waals surface area contributed by atoms with Gasteiger partial charge in [-0.15, -0.1) is 0 Å². The zero-order chi connectivity index (χ0) is 12.0. The molecule has 1 aliphatic carbocycles. The van der Waals surface area contributed by atoms with Crippen LogP contribution in [0.3, 0.4) is 0 Å². The first-order valence-corrected chi connectivity index (χ1v) is 6.06. The molecule has 0 saturated heterocycles. The molecule has 1 aromatic carbocycles. The van der Waals surface area contributed by atoms with Crippen LogP contribution < -0.4 is 5.73 Å². The highest BCUT2D eigenvalue weighted by Gasteiger charge is 2.25. The summed E-state index contributed by atoms with van der Waals surface area (Å²) < 4.78 is 15.3. The summed E-state index contributed by atoms with van der Waals surface area (Å²) in [4.78, 5) is 4.45. The number of aromatic nitrogens is 2. The van der Waals surface area contributed by atoms with Crippen molar-refractivity contribution < 1.29 is 4.39 Å². The molecule has 4 heteroatoms. The normalized spacial score (nSPS) is 17.6. The number of halogens is 1. The van der Waals surface area contributed by atoms with Gasteiger partial charge in [-0.3, -0.25) is 0 Å². The van der Waals surface area contributed by atoms with Gasteiger partial charge in [-0.2, -0.15) is 0 Å². The van der Waals surface area contributed by atoms with Gasteiger partial charge in [0.2, 0.25) is 0 Å². The van der Waals surface area contributed by atoms with E-state index in [0.717, 1.165) is 23.8 Å². The molecule has 3 rings (SSSR count). The predicted molar refractivity (Wildman–Crippen MR) is 65.0 cm³/mol. The Labute approximate surface area is 99.4 Å². The third kappa shape index (κ3) is 1.93. The maximum atomic E-state index is 13.2. The number of hydrogen-bond donors (Lipinski definition) is 1. The summed E-state index contributed by atoms with van der Waals surface area (Å²) in [6, 6.07) is 4.64. The minimum absolute atomic E-state index is 0.121. The van der Waals surface area contributed by atoms with Crippen LogP contribution >= 0.6 is 0 Å². The molecule has 1 aliphatic rings. The van der Waals surface area contributed by atoms with Gasteiger partial charge in [-0.1, -0.05) is 0 Å². The van der Waals surface area contributed by atoms with E-state index in [2.05, 4.69) is 9.55 Å². The van der Waals surface area contributed by atoms with Gasteiger partial charge >= 0.3 is 0 Å². The SMILES string of the molecule is CC(N)c1nc2cc(F)ccc2n1CC1CC1. The Kier molecular flexibility index (Phi) is 2.40. The topological polar surface area (TPSA) is 43.8 Å². The van der Waals surface area contributed by atoms with Crippen molar-refractivity contribution in [3.05, 3.63) is 29.8 Å². The van der Waals surface area contributed by atoms with Gasteiger partial charge in [0.15, 0.2) is 0 Å². The lowest BCUT2D eigenvalue weighted by Gasteiger charge is -2.10. The summed E-state index contributed by atoms with van der Waals surface area (Å²) in [6.07, 6.45) is 2.55. The molecule has 1 saturated carbocycles. The molecule has 0 aliphatic heterocycles. The quantitative estimate of drug-likeness (QED) is 0.885. The van der Waals surface area contributed by atoms with Crippen LogP contribution in [0.15, 0.2) is 18.2 Å². The van der Waals surface area contributed by atoms with Crippen molar-refractivity contribution in [2.24, 2.45) is 11.7 Å². The van der Waals surface area contributed by atoms with Crippen LogP contribution in [0.1, 0.15) is 31.6 Å². The Morgan fingerprint density at radius 2 is 2.29 bits per heavy atom. The molecule has 0 spiro atoms. The van der Waals surface area contributed by atoms with Crippen molar-refractivity contribution in [1.29, 1.82) is 0 Å². The van der Waals surface area contributed by atoms with Crippen LogP contribution in [0, 0.1) is 11.7 Å². The van der Waals surface area contributed by atoms with Crippen LogP contribution in [0.25, 0.3) is 11.0 Å². The summed E-state index contributed by atoms with van der Waals surface area (Å²) in [7, 11) is 0. The van der Waals surface area contributed by atoms with E-state index < -0.39 is 0 Å². The monoisotopic (exact) mass is 233 g/mol. The van der Waals surface area contributed by atoms with Crippen LogP contribution in [0.2, 0.25) is 0 Å². The Morgan fingerprint density at radius 1 is 1.53 bits per heavy atom. The standard InChI is InChI=1S/C13H16FN3/c1-8(15)13-16-11-6-10(14)4-5-12(11)17(13)7-9-2-3-9/h4-6,8-9H,2-3,7,15H2,1H3. The fourth-order valence-corrected chi connectivity index (χ4v) is 2.22. The molecule has 2 aromatic rings. The van der Waals surface area contributed by atoms with Gasteiger partial charge in [0, 0.05) is 12.6 Å². The van der Waals surface area contributed by atoms with Crippen molar-refractivity contribution in [2.45, 2.75) is 32.4 Å². The van der Waals surface area contributed by atoms with E-state index in [1.54, 1.807) is 6.07 Å². The van der Waals surface area contributed by atoms with Gasteiger partial charge < -0.3 is 10.3 Å². The third-order valence-electron chi connectivity index (χ3n) is 3.28. The first-order valence-electron chi connectivity index (χ1n) is 6.06. The predicted octanol–water partition coefficient (Wildman–Crippen LogP) is 2.61. The molecule has 90 valence electrons. The molecule has 0 amide bonds. The highest BCUT2D eigenvalue weighted by atomic mass is 19.1. The zero-order valence-corrected chi connectivity index (χ0v) is 9.86. The summed E-state index contributed by atoms with van der Waals surface area (Å²) in [5, 5.41) is 0. The first kappa shape index (κ1) is 10.7. The molecule has 2 N–H and O–H groups in total. The van der Waals surface area contributed by atoms with Crippen LogP contribution in [0.4, 0.5) is 4.39 Å². The number of fused-ring (bicyclic) bond motifs is 1. The van der Waals surface area contributed by atoms with Crippen molar-refractivity contribution in [3.8, 4) is 0 Å². The van der Waals surface area contributed by atoms with Gasteiger partial charge in [-0.05, 0) is 37.8 Å². The van der Waals surface area contributed by atoms with E-state index >= 15 is 0 Å². The molecule has 1 aromatic heterocycles. The molecular formula is C13H16FN3. The number of hydrogen-bond acceptors (Lipinski definition) is 2. The molecule has 1 unspecified atom stereocenters. The summed E-state index contributed by atoms with van der Waals surface area (Å²) in [5.41, 5.74) is 7.63. The smallest absolute Gasteiger partial charge is 0.126 e. The molecule has 1 atom stereocenters. The zero-order valence-electron chi connectivity index (χ0n) is 9.86. The highest BCUT2D eigenvalue weighted by molar-refractivity contribution is 5.76. The molecule has 1 fully saturated rings. The second kappa shape index (κ2) is 3.81. The van der Waals surface area contributed by atoms with E-state index in [4.69, 9.17) is 5.73 Å². The lowest BCUT2D eigenvalue weighted by atomic mass is 10.3. The van der Waals surface area contributed by atoms with Gasteiger partial charge in [0.25, 0.3) is 0 Å². The van der Waals surface area contributed by atoms with E-state index in [1.165, 1.54) is 25.0 Å². The van der Waals surface area contributed by atoms with E-state index in [1.807, 2.05) is 6.92 Å². The van der Waals surface area contributed by atoms with Crippen molar-refractivity contribution in [2.75, 3.05) is 0 Å². The number of rotatable bonds is 3. The summed E-state index contributed by atoms with van der Waals surface area (Å²) >= 11 is 0.